The maximum absolute atomic E-state index is 8.82. The third-order valence-electron chi connectivity index (χ3n) is 4.32. The van der Waals surface area contributed by atoms with Gasteiger partial charge in [-0.2, -0.15) is 10.4 Å². The van der Waals surface area contributed by atoms with Crippen LogP contribution in [0.5, 0.6) is 5.75 Å². The maximum Gasteiger partial charge on any atom is 0.119 e. The maximum atomic E-state index is 8.82. The van der Waals surface area contributed by atoms with E-state index in [1.54, 1.807) is 12.1 Å². The monoisotopic (exact) mass is 345 g/mol. The fourth-order valence-corrected chi connectivity index (χ4v) is 2.77. The van der Waals surface area contributed by atoms with Crippen LogP contribution in [0.3, 0.4) is 0 Å². The van der Waals surface area contributed by atoms with E-state index in [0.29, 0.717) is 12.2 Å². The molecule has 0 atom stereocenters. The van der Waals surface area contributed by atoms with Crippen molar-refractivity contribution in [1.29, 1.82) is 5.26 Å². The topological polar surface area (TPSA) is 61.7 Å². The number of hydrogen-bond acceptors (Lipinski definition) is 3. The predicted molar refractivity (Wildman–Crippen MR) is 103 cm³/mol. The number of aromatic amines is 1. The molecule has 0 aliphatic heterocycles. The molecule has 1 N–H and O–H groups in total. The molecule has 0 spiro atoms. The van der Waals surface area contributed by atoms with E-state index >= 15 is 0 Å². The molecule has 4 heteroatoms. The number of rotatable bonds is 8. The van der Waals surface area contributed by atoms with Gasteiger partial charge in [0.15, 0.2) is 0 Å². The molecule has 0 radical (unpaired) electrons. The van der Waals surface area contributed by atoms with Crippen molar-refractivity contribution in [3.8, 4) is 23.1 Å². The summed E-state index contributed by atoms with van der Waals surface area (Å²) in [7, 11) is 0. The van der Waals surface area contributed by atoms with Gasteiger partial charge in [0, 0.05) is 11.3 Å². The Labute approximate surface area is 154 Å². The first-order chi connectivity index (χ1) is 12.8. The summed E-state index contributed by atoms with van der Waals surface area (Å²) in [6.45, 7) is 2.69. The molecule has 4 nitrogen and oxygen atoms in total. The van der Waals surface area contributed by atoms with Gasteiger partial charge in [-0.25, -0.2) is 0 Å². The number of nitriles is 1. The van der Waals surface area contributed by atoms with Gasteiger partial charge in [0.1, 0.15) is 12.4 Å². The van der Waals surface area contributed by atoms with E-state index in [0.717, 1.165) is 29.0 Å². The van der Waals surface area contributed by atoms with Gasteiger partial charge >= 0.3 is 0 Å². The van der Waals surface area contributed by atoms with Gasteiger partial charge in [0.2, 0.25) is 0 Å². The van der Waals surface area contributed by atoms with Crippen molar-refractivity contribution in [3.05, 3.63) is 71.4 Å². The number of aromatic nitrogens is 2. The predicted octanol–water partition coefficient (Wildman–Crippen LogP) is 5.26. The third-order valence-corrected chi connectivity index (χ3v) is 4.32. The number of ether oxygens (including phenoxy) is 1. The van der Waals surface area contributed by atoms with Gasteiger partial charge in [-0.15, -0.1) is 0 Å². The van der Waals surface area contributed by atoms with E-state index < -0.39 is 0 Å². The number of hydrogen-bond donors (Lipinski definition) is 1. The third kappa shape index (κ3) is 4.73. The highest BCUT2D eigenvalue weighted by molar-refractivity contribution is 5.60. The Morgan fingerprint density at radius 3 is 2.50 bits per heavy atom. The second kappa shape index (κ2) is 8.87. The number of nitrogens with zero attached hydrogens (tertiary/aromatic N) is 2. The van der Waals surface area contributed by atoms with Crippen molar-refractivity contribution in [2.75, 3.05) is 0 Å². The molecule has 0 aliphatic rings. The fourth-order valence-electron chi connectivity index (χ4n) is 2.77. The molecule has 0 bridgehead atoms. The van der Waals surface area contributed by atoms with E-state index in [2.05, 4.69) is 29.3 Å². The molecule has 1 heterocycles. The Morgan fingerprint density at radius 2 is 1.81 bits per heavy atom. The first-order valence-electron chi connectivity index (χ1n) is 9.05. The molecule has 0 saturated heterocycles. The number of benzene rings is 2. The van der Waals surface area contributed by atoms with Crippen molar-refractivity contribution in [2.24, 2.45) is 0 Å². The Kier molecular flexibility index (Phi) is 6.05. The summed E-state index contributed by atoms with van der Waals surface area (Å²) in [6, 6.07) is 19.7. The van der Waals surface area contributed by atoms with Crippen LogP contribution in [0.25, 0.3) is 11.3 Å². The number of aryl methyl sites for hydroxylation is 1. The molecular weight excluding hydrogens is 322 g/mol. The van der Waals surface area contributed by atoms with E-state index in [1.165, 1.54) is 25.0 Å². The largest absolute Gasteiger partial charge is 0.489 e. The van der Waals surface area contributed by atoms with E-state index in [9.17, 15) is 0 Å². The lowest BCUT2D eigenvalue weighted by atomic mass is 10.1. The Bertz CT molecular complexity index is 858. The van der Waals surface area contributed by atoms with E-state index in [4.69, 9.17) is 10.00 Å². The summed E-state index contributed by atoms with van der Waals surface area (Å²) < 4.78 is 5.82. The van der Waals surface area contributed by atoms with Crippen LogP contribution in [-0.4, -0.2) is 10.2 Å². The van der Waals surface area contributed by atoms with Crippen molar-refractivity contribution in [1.82, 2.24) is 10.2 Å². The lowest BCUT2D eigenvalue weighted by Crippen LogP contribution is -1.95. The minimum absolute atomic E-state index is 0.481. The molecular formula is C22H23N3O. The summed E-state index contributed by atoms with van der Waals surface area (Å²) in [5, 5.41) is 16.4. The summed E-state index contributed by atoms with van der Waals surface area (Å²) in [5.41, 5.74) is 4.93. The highest BCUT2D eigenvalue weighted by atomic mass is 16.5. The molecule has 0 aliphatic carbocycles. The highest BCUT2D eigenvalue weighted by Gasteiger charge is 2.05. The normalized spacial score (nSPS) is 10.5. The molecule has 2 aromatic carbocycles. The van der Waals surface area contributed by atoms with Crippen molar-refractivity contribution in [2.45, 2.75) is 39.2 Å². The minimum Gasteiger partial charge on any atom is -0.489 e. The van der Waals surface area contributed by atoms with Crippen LogP contribution in [0.1, 0.15) is 43.0 Å². The standard InChI is InChI=1S/C22H23N3O/c1-2-3-4-5-20-14-22(25-24-20)19-10-12-21(13-11-19)26-16-18-8-6-17(15-23)7-9-18/h6-14H,2-5,16H2,1H3,(H,24,25). The van der Waals surface area contributed by atoms with Crippen LogP contribution in [0.2, 0.25) is 0 Å². The van der Waals surface area contributed by atoms with Gasteiger partial charge in [0.05, 0.1) is 17.3 Å². The van der Waals surface area contributed by atoms with Crippen LogP contribution in [0.15, 0.2) is 54.6 Å². The molecule has 3 rings (SSSR count). The van der Waals surface area contributed by atoms with Crippen LogP contribution in [0.4, 0.5) is 0 Å². The second-order valence-electron chi connectivity index (χ2n) is 6.36. The van der Waals surface area contributed by atoms with Gasteiger partial charge in [-0.05, 0) is 60.9 Å². The van der Waals surface area contributed by atoms with Crippen LogP contribution in [-0.2, 0) is 13.0 Å². The van der Waals surface area contributed by atoms with Gasteiger partial charge in [0.25, 0.3) is 0 Å². The average molecular weight is 345 g/mol. The molecule has 132 valence electrons. The number of H-pyrrole nitrogens is 1. The molecule has 0 fully saturated rings. The molecule has 26 heavy (non-hydrogen) atoms. The van der Waals surface area contributed by atoms with Crippen LogP contribution >= 0.6 is 0 Å². The van der Waals surface area contributed by atoms with Gasteiger partial charge < -0.3 is 4.74 Å². The zero-order valence-electron chi connectivity index (χ0n) is 15.0. The zero-order valence-corrected chi connectivity index (χ0v) is 15.0. The van der Waals surface area contributed by atoms with Crippen LogP contribution < -0.4 is 4.74 Å². The fraction of sp³-hybridized carbons (Fsp3) is 0.273. The quantitative estimate of drug-likeness (QED) is 0.566. The van der Waals surface area contributed by atoms with Crippen molar-refractivity contribution >= 4 is 0 Å². The van der Waals surface area contributed by atoms with Crippen molar-refractivity contribution < 1.29 is 4.74 Å². The highest BCUT2D eigenvalue weighted by Crippen LogP contribution is 2.22. The zero-order chi connectivity index (χ0) is 18.2. The molecule has 1 aromatic heterocycles. The van der Waals surface area contributed by atoms with Crippen molar-refractivity contribution in [3.63, 3.8) is 0 Å². The second-order valence-corrected chi connectivity index (χ2v) is 6.36. The van der Waals surface area contributed by atoms with E-state index in [1.807, 2.05) is 36.4 Å². The average Bonchev–Trinajstić information content (AvgIpc) is 3.16. The molecule has 0 saturated carbocycles. The smallest absolute Gasteiger partial charge is 0.119 e. The van der Waals surface area contributed by atoms with Crippen LogP contribution in [0, 0.1) is 11.3 Å². The van der Waals surface area contributed by atoms with Gasteiger partial charge in [-0.3, -0.25) is 5.10 Å². The van der Waals surface area contributed by atoms with E-state index in [-0.39, 0.29) is 0 Å². The SMILES string of the molecule is CCCCCc1cc(-c2ccc(OCc3ccc(C#N)cc3)cc2)n[nH]1. The minimum atomic E-state index is 0.481. The molecule has 0 unspecified atom stereocenters. The summed E-state index contributed by atoms with van der Waals surface area (Å²) >= 11 is 0. The molecule has 3 aromatic rings. The number of nitrogens with one attached hydrogen (secondary N) is 1. The summed E-state index contributed by atoms with van der Waals surface area (Å²) in [5.74, 6) is 0.816. The summed E-state index contributed by atoms with van der Waals surface area (Å²) in [4.78, 5) is 0. The Hall–Kier alpha value is -3.06. The lowest BCUT2D eigenvalue weighted by molar-refractivity contribution is 0.306. The first-order valence-corrected chi connectivity index (χ1v) is 9.05. The lowest BCUT2D eigenvalue weighted by Gasteiger charge is -2.07. The summed E-state index contributed by atoms with van der Waals surface area (Å²) in [6.07, 6.45) is 4.72. The Morgan fingerprint density at radius 1 is 1.04 bits per heavy atom. The van der Waals surface area contributed by atoms with Gasteiger partial charge in [-0.1, -0.05) is 31.9 Å². The molecule has 0 amide bonds. The Balaban J connectivity index is 1.57. The number of unbranched alkanes of at least 4 members (excludes halogenated alkanes) is 2. The first kappa shape index (κ1) is 17.8.